The van der Waals surface area contributed by atoms with Gasteiger partial charge in [-0.2, -0.15) is 0 Å². The zero-order valence-corrected chi connectivity index (χ0v) is 13.1. The minimum atomic E-state index is -0.570. The summed E-state index contributed by atoms with van der Waals surface area (Å²) >= 11 is 0. The maximum Gasteiger partial charge on any atom is 0.340 e. The maximum absolute atomic E-state index is 12.3. The van der Waals surface area contributed by atoms with E-state index in [4.69, 9.17) is 9.73 Å². The molecule has 3 heteroatoms. The number of carbonyl (C=O) groups is 1. The van der Waals surface area contributed by atoms with E-state index in [1.807, 2.05) is 0 Å². The maximum atomic E-state index is 12.3. The van der Waals surface area contributed by atoms with Crippen molar-refractivity contribution < 1.29 is 9.53 Å². The first-order chi connectivity index (χ1) is 9.98. The molecule has 1 aliphatic heterocycles. The van der Waals surface area contributed by atoms with Crippen LogP contribution < -0.4 is 0 Å². The predicted octanol–water partition coefficient (Wildman–Crippen LogP) is 3.75. The number of hydrogen-bond donors (Lipinski definition) is 0. The minimum Gasteiger partial charge on any atom is -0.410 e. The van der Waals surface area contributed by atoms with Crippen LogP contribution in [0.5, 0.6) is 0 Å². The van der Waals surface area contributed by atoms with Gasteiger partial charge in [0.2, 0.25) is 0 Å². The van der Waals surface area contributed by atoms with E-state index in [0.717, 1.165) is 25.7 Å². The summed E-state index contributed by atoms with van der Waals surface area (Å²) in [6.07, 6.45) is 4.42. The van der Waals surface area contributed by atoms with Crippen molar-refractivity contribution in [1.82, 2.24) is 0 Å². The first kappa shape index (κ1) is 14.3. The predicted molar refractivity (Wildman–Crippen MR) is 83.5 cm³/mol. The van der Waals surface area contributed by atoms with Crippen LogP contribution in [0.15, 0.2) is 23.2 Å². The normalized spacial score (nSPS) is 28.6. The second-order valence-electron chi connectivity index (χ2n) is 6.72. The zero-order chi connectivity index (χ0) is 15.0. The molecule has 1 aromatic rings. The van der Waals surface area contributed by atoms with Crippen molar-refractivity contribution in [2.24, 2.45) is 10.9 Å². The van der Waals surface area contributed by atoms with Gasteiger partial charge < -0.3 is 4.74 Å². The van der Waals surface area contributed by atoms with Gasteiger partial charge in [-0.25, -0.2) is 9.79 Å². The molecule has 0 bridgehead atoms. The summed E-state index contributed by atoms with van der Waals surface area (Å²) in [5, 5.41) is 0. The number of cyclic esters (lactones) is 1. The number of carbonyl (C=O) groups excluding carboxylic acids is 1. The van der Waals surface area contributed by atoms with Crippen LogP contribution in [0.1, 0.15) is 49.3 Å². The van der Waals surface area contributed by atoms with Gasteiger partial charge in [0.15, 0.2) is 11.4 Å². The van der Waals surface area contributed by atoms with Crippen LogP contribution in [0.4, 0.5) is 0 Å². The molecule has 1 aromatic carbocycles. The number of nitrogens with zero attached hydrogens (tertiary/aromatic N) is 1. The molecule has 0 radical (unpaired) electrons. The molecule has 0 unspecified atom stereocenters. The summed E-state index contributed by atoms with van der Waals surface area (Å²) in [5.74, 6) is 1.17. The second kappa shape index (κ2) is 5.28. The van der Waals surface area contributed by atoms with Crippen LogP contribution in [0.3, 0.4) is 0 Å². The summed E-state index contributed by atoms with van der Waals surface area (Å²) < 4.78 is 5.50. The molecular formula is C18H23NO2. The lowest BCUT2D eigenvalue weighted by molar-refractivity contribution is -0.140. The van der Waals surface area contributed by atoms with Crippen LogP contribution in [0, 0.1) is 19.8 Å². The smallest absolute Gasteiger partial charge is 0.340 e. The molecule has 0 atom stereocenters. The fourth-order valence-corrected chi connectivity index (χ4v) is 3.29. The van der Waals surface area contributed by atoms with Crippen molar-refractivity contribution in [2.45, 2.75) is 58.4 Å². The molecule has 0 N–H and O–H groups in total. The molecule has 1 saturated carbocycles. The molecule has 1 aliphatic carbocycles. The second-order valence-corrected chi connectivity index (χ2v) is 6.72. The number of aliphatic imine (C=N–C) groups is 1. The Balaban J connectivity index is 1.81. The molecule has 112 valence electrons. The topological polar surface area (TPSA) is 38.7 Å². The largest absolute Gasteiger partial charge is 0.410 e. The molecular weight excluding hydrogens is 262 g/mol. The van der Waals surface area contributed by atoms with Gasteiger partial charge in [0.25, 0.3) is 0 Å². The van der Waals surface area contributed by atoms with Gasteiger partial charge >= 0.3 is 5.97 Å². The van der Waals surface area contributed by atoms with E-state index in [0.29, 0.717) is 18.2 Å². The minimum absolute atomic E-state index is 0.130. The monoisotopic (exact) mass is 285 g/mol. The molecule has 21 heavy (non-hydrogen) atoms. The van der Waals surface area contributed by atoms with Crippen LogP contribution in [-0.2, 0) is 16.0 Å². The molecule has 1 fully saturated rings. The van der Waals surface area contributed by atoms with Crippen molar-refractivity contribution >= 4 is 11.9 Å². The lowest BCUT2D eigenvalue weighted by atomic mass is 9.78. The van der Waals surface area contributed by atoms with Crippen LogP contribution in [0.2, 0.25) is 0 Å². The van der Waals surface area contributed by atoms with Crippen molar-refractivity contribution in [2.75, 3.05) is 0 Å². The molecule has 0 aromatic heterocycles. The van der Waals surface area contributed by atoms with E-state index < -0.39 is 5.54 Å². The first-order valence-corrected chi connectivity index (χ1v) is 7.86. The molecule has 3 rings (SSSR count). The van der Waals surface area contributed by atoms with Gasteiger partial charge in [-0.15, -0.1) is 0 Å². The van der Waals surface area contributed by atoms with E-state index >= 15 is 0 Å². The lowest BCUT2D eigenvalue weighted by Crippen LogP contribution is -2.37. The van der Waals surface area contributed by atoms with Gasteiger partial charge in [-0.05, 0) is 56.6 Å². The number of aryl methyl sites for hydroxylation is 2. The van der Waals surface area contributed by atoms with E-state index in [1.165, 1.54) is 16.7 Å². The number of hydrogen-bond acceptors (Lipinski definition) is 3. The Hall–Kier alpha value is -1.64. The molecule has 0 amide bonds. The standard InChI is InChI=1S/C18H23NO2/c1-12-6-8-18(9-7-12)17(20)21-16(19-18)11-15-10-13(2)4-5-14(15)3/h4-5,10,12H,6-9,11H2,1-3H3. The van der Waals surface area contributed by atoms with Gasteiger partial charge in [0.1, 0.15) is 0 Å². The Morgan fingerprint density at radius 2 is 2.00 bits per heavy atom. The van der Waals surface area contributed by atoms with Crippen LogP contribution >= 0.6 is 0 Å². The highest BCUT2D eigenvalue weighted by atomic mass is 16.6. The van der Waals surface area contributed by atoms with Crippen LogP contribution in [0.25, 0.3) is 0 Å². The van der Waals surface area contributed by atoms with E-state index in [1.54, 1.807) is 0 Å². The van der Waals surface area contributed by atoms with E-state index in [-0.39, 0.29) is 5.97 Å². The Morgan fingerprint density at radius 1 is 1.29 bits per heavy atom. The first-order valence-electron chi connectivity index (χ1n) is 7.86. The Morgan fingerprint density at radius 3 is 2.71 bits per heavy atom. The summed E-state index contributed by atoms with van der Waals surface area (Å²) in [7, 11) is 0. The van der Waals surface area contributed by atoms with E-state index in [9.17, 15) is 4.79 Å². The Labute approximate surface area is 126 Å². The summed E-state index contributed by atoms with van der Waals surface area (Å²) in [5.41, 5.74) is 3.07. The highest BCUT2D eigenvalue weighted by Gasteiger charge is 2.47. The SMILES string of the molecule is Cc1ccc(C)c(CC2=NC3(CCC(C)CC3)C(=O)O2)c1. The third-order valence-corrected chi connectivity index (χ3v) is 4.88. The fourth-order valence-electron chi connectivity index (χ4n) is 3.29. The van der Waals surface area contributed by atoms with Crippen molar-refractivity contribution in [1.29, 1.82) is 0 Å². The van der Waals surface area contributed by atoms with Crippen molar-refractivity contribution in [3.05, 3.63) is 34.9 Å². The van der Waals surface area contributed by atoms with Gasteiger partial charge in [0.05, 0.1) is 0 Å². The number of ether oxygens (including phenoxy) is 1. The van der Waals surface area contributed by atoms with Gasteiger partial charge in [-0.1, -0.05) is 30.7 Å². The number of rotatable bonds is 2. The summed E-state index contributed by atoms with van der Waals surface area (Å²) in [4.78, 5) is 17.0. The fraction of sp³-hybridized carbons (Fsp3) is 0.556. The lowest BCUT2D eigenvalue weighted by Gasteiger charge is -2.29. The number of benzene rings is 1. The third kappa shape index (κ3) is 2.74. The molecule has 1 spiro atoms. The van der Waals surface area contributed by atoms with Crippen LogP contribution in [-0.4, -0.2) is 17.4 Å². The van der Waals surface area contributed by atoms with Gasteiger partial charge in [0, 0.05) is 6.42 Å². The summed E-state index contributed by atoms with van der Waals surface area (Å²) in [6.45, 7) is 6.41. The number of esters is 1. The third-order valence-electron chi connectivity index (χ3n) is 4.88. The molecule has 3 nitrogen and oxygen atoms in total. The molecule has 1 heterocycles. The quantitative estimate of drug-likeness (QED) is 0.776. The molecule has 0 saturated heterocycles. The Kier molecular flexibility index (Phi) is 3.60. The zero-order valence-electron chi connectivity index (χ0n) is 13.1. The van der Waals surface area contributed by atoms with E-state index in [2.05, 4.69) is 39.0 Å². The Bertz CT molecular complexity index is 595. The molecule has 2 aliphatic rings. The average Bonchev–Trinajstić information content (AvgIpc) is 2.74. The van der Waals surface area contributed by atoms with Crippen molar-refractivity contribution in [3.63, 3.8) is 0 Å². The highest BCUT2D eigenvalue weighted by Crippen LogP contribution is 2.39. The summed E-state index contributed by atoms with van der Waals surface area (Å²) in [6, 6.07) is 6.37. The average molecular weight is 285 g/mol. The van der Waals surface area contributed by atoms with Crippen molar-refractivity contribution in [3.8, 4) is 0 Å². The van der Waals surface area contributed by atoms with Gasteiger partial charge in [-0.3, -0.25) is 0 Å². The highest BCUT2D eigenvalue weighted by molar-refractivity contribution is 6.00.